The van der Waals surface area contributed by atoms with Crippen molar-refractivity contribution in [2.75, 3.05) is 12.3 Å². The molecule has 1 aromatic carbocycles. The van der Waals surface area contributed by atoms with Gasteiger partial charge in [-0.05, 0) is 37.5 Å². The number of halogens is 1. The van der Waals surface area contributed by atoms with E-state index in [2.05, 4.69) is 5.32 Å². The van der Waals surface area contributed by atoms with E-state index in [1.54, 1.807) is 6.92 Å². The van der Waals surface area contributed by atoms with Crippen molar-refractivity contribution < 1.29 is 14.3 Å². The standard InChI is InChI=1S/C13H19FN2O2/c1-3-10(4-5-17)16-13(18)11-7-9(15)6-8(2)12(11)14/h6-7,10,17H,3-5,15H2,1-2H3,(H,16,18). The van der Waals surface area contributed by atoms with E-state index in [9.17, 15) is 9.18 Å². The molecule has 1 amide bonds. The van der Waals surface area contributed by atoms with Crippen LogP contribution in [0.15, 0.2) is 12.1 Å². The topological polar surface area (TPSA) is 75.3 Å². The number of aryl methyl sites for hydroxylation is 1. The lowest BCUT2D eigenvalue weighted by Crippen LogP contribution is -2.35. The third kappa shape index (κ3) is 3.43. The Balaban J connectivity index is 2.90. The zero-order chi connectivity index (χ0) is 13.7. The Morgan fingerprint density at radius 3 is 2.78 bits per heavy atom. The van der Waals surface area contributed by atoms with Crippen LogP contribution in [-0.2, 0) is 0 Å². The molecule has 0 bridgehead atoms. The van der Waals surface area contributed by atoms with Gasteiger partial charge >= 0.3 is 0 Å². The molecule has 0 aliphatic rings. The van der Waals surface area contributed by atoms with Gasteiger partial charge in [0.1, 0.15) is 5.82 Å². The van der Waals surface area contributed by atoms with Crippen molar-refractivity contribution >= 4 is 11.6 Å². The Morgan fingerprint density at radius 1 is 1.56 bits per heavy atom. The van der Waals surface area contributed by atoms with Crippen LogP contribution in [0.1, 0.15) is 35.7 Å². The van der Waals surface area contributed by atoms with Crippen LogP contribution in [0.3, 0.4) is 0 Å². The van der Waals surface area contributed by atoms with Crippen LogP contribution in [0, 0.1) is 12.7 Å². The summed E-state index contributed by atoms with van der Waals surface area (Å²) in [6.45, 7) is 3.44. The average Bonchev–Trinajstić information content (AvgIpc) is 2.32. The Hall–Kier alpha value is -1.62. The first-order chi connectivity index (χ1) is 8.49. The number of nitrogen functional groups attached to an aromatic ring is 1. The van der Waals surface area contributed by atoms with Gasteiger partial charge in [-0.15, -0.1) is 0 Å². The molecule has 18 heavy (non-hydrogen) atoms. The van der Waals surface area contributed by atoms with Crippen molar-refractivity contribution in [3.05, 3.63) is 29.1 Å². The Labute approximate surface area is 106 Å². The molecule has 0 heterocycles. The van der Waals surface area contributed by atoms with Crippen molar-refractivity contribution in [1.82, 2.24) is 5.32 Å². The lowest BCUT2D eigenvalue weighted by atomic mass is 10.1. The van der Waals surface area contributed by atoms with Gasteiger partial charge in [0.25, 0.3) is 5.91 Å². The fourth-order valence-electron chi connectivity index (χ4n) is 1.76. The largest absolute Gasteiger partial charge is 0.399 e. The molecule has 1 rings (SSSR count). The number of carbonyl (C=O) groups is 1. The summed E-state index contributed by atoms with van der Waals surface area (Å²) in [6, 6.07) is 2.64. The minimum absolute atomic E-state index is 0.0166. The minimum atomic E-state index is -0.555. The number of nitrogens with one attached hydrogen (secondary N) is 1. The molecule has 0 spiro atoms. The summed E-state index contributed by atoms with van der Waals surface area (Å²) in [7, 11) is 0. The summed E-state index contributed by atoms with van der Waals surface area (Å²) in [6.07, 6.45) is 1.13. The molecule has 1 unspecified atom stereocenters. The first kappa shape index (κ1) is 14.4. The van der Waals surface area contributed by atoms with Crippen LogP contribution < -0.4 is 11.1 Å². The molecule has 0 saturated carbocycles. The van der Waals surface area contributed by atoms with E-state index in [0.29, 0.717) is 24.1 Å². The smallest absolute Gasteiger partial charge is 0.254 e. The number of hydrogen-bond acceptors (Lipinski definition) is 3. The van der Waals surface area contributed by atoms with Crippen molar-refractivity contribution in [1.29, 1.82) is 0 Å². The van der Waals surface area contributed by atoms with Crippen molar-refractivity contribution in [3.63, 3.8) is 0 Å². The highest BCUT2D eigenvalue weighted by atomic mass is 19.1. The summed E-state index contributed by atoms with van der Waals surface area (Å²) in [5.74, 6) is -1.05. The Bertz CT molecular complexity index is 435. The van der Waals surface area contributed by atoms with E-state index in [0.717, 1.165) is 0 Å². The fourth-order valence-corrected chi connectivity index (χ4v) is 1.76. The quantitative estimate of drug-likeness (QED) is 0.699. The number of aliphatic hydroxyl groups is 1. The Kier molecular flexibility index (Phi) is 5.09. The molecule has 0 aromatic heterocycles. The van der Waals surface area contributed by atoms with Gasteiger partial charge in [0.2, 0.25) is 0 Å². The highest BCUT2D eigenvalue weighted by Crippen LogP contribution is 2.17. The number of amides is 1. The van der Waals surface area contributed by atoms with Crippen LogP contribution >= 0.6 is 0 Å². The van der Waals surface area contributed by atoms with Crippen LogP contribution in [0.4, 0.5) is 10.1 Å². The number of anilines is 1. The zero-order valence-corrected chi connectivity index (χ0v) is 10.7. The first-order valence-electron chi connectivity index (χ1n) is 5.96. The second kappa shape index (κ2) is 6.35. The molecule has 0 aliphatic heterocycles. The van der Waals surface area contributed by atoms with Crippen LogP contribution in [0.5, 0.6) is 0 Å². The fraction of sp³-hybridized carbons (Fsp3) is 0.462. The molecule has 100 valence electrons. The van der Waals surface area contributed by atoms with Gasteiger partial charge in [0, 0.05) is 18.3 Å². The van der Waals surface area contributed by atoms with Gasteiger partial charge in [-0.2, -0.15) is 0 Å². The summed E-state index contributed by atoms with van der Waals surface area (Å²) >= 11 is 0. The predicted molar refractivity (Wildman–Crippen MR) is 68.8 cm³/mol. The monoisotopic (exact) mass is 254 g/mol. The molecule has 0 aliphatic carbocycles. The summed E-state index contributed by atoms with van der Waals surface area (Å²) in [5.41, 5.74) is 6.25. The lowest BCUT2D eigenvalue weighted by Gasteiger charge is -2.16. The normalized spacial score (nSPS) is 12.2. The van der Waals surface area contributed by atoms with E-state index < -0.39 is 11.7 Å². The summed E-state index contributed by atoms with van der Waals surface area (Å²) < 4.78 is 13.8. The molecule has 4 N–H and O–H groups in total. The number of nitrogens with two attached hydrogens (primary N) is 1. The van der Waals surface area contributed by atoms with Crippen molar-refractivity contribution in [2.24, 2.45) is 0 Å². The molecular weight excluding hydrogens is 235 g/mol. The van der Waals surface area contributed by atoms with E-state index in [4.69, 9.17) is 10.8 Å². The number of aliphatic hydroxyl groups excluding tert-OH is 1. The average molecular weight is 254 g/mol. The third-order valence-corrected chi connectivity index (χ3v) is 2.83. The molecule has 0 fully saturated rings. The van der Waals surface area contributed by atoms with Gasteiger partial charge < -0.3 is 16.2 Å². The molecular formula is C13H19FN2O2. The van der Waals surface area contributed by atoms with Crippen molar-refractivity contribution in [3.8, 4) is 0 Å². The van der Waals surface area contributed by atoms with Gasteiger partial charge in [-0.25, -0.2) is 4.39 Å². The van der Waals surface area contributed by atoms with Crippen molar-refractivity contribution in [2.45, 2.75) is 32.7 Å². The Morgan fingerprint density at radius 2 is 2.22 bits per heavy atom. The van der Waals surface area contributed by atoms with E-state index in [1.807, 2.05) is 6.92 Å². The SMILES string of the molecule is CCC(CCO)NC(=O)c1cc(N)cc(C)c1F. The van der Waals surface area contributed by atoms with Gasteiger partial charge in [-0.3, -0.25) is 4.79 Å². The summed E-state index contributed by atoms with van der Waals surface area (Å²) in [5, 5.41) is 11.5. The maximum atomic E-state index is 13.8. The van der Waals surface area contributed by atoms with Crippen LogP contribution in [0.25, 0.3) is 0 Å². The molecule has 1 aromatic rings. The number of carbonyl (C=O) groups excluding carboxylic acids is 1. The summed E-state index contributed by atoms with van der Waals surface area (Å²) in [4.78, 5) is 11.9. The highest BCUT2D eigenvalue weighted by Gasteiger charge is 2.17. The first-order valence-corrected chi connectivity index (χ1v) is 5.96. The lowest BCUT2D eigenvalue weighted by molar-refractivity contribution is 0.0925. The number of benzene rings is 1. The van der Waals surface area contributed by atoms with Gasteiger partial charge in [0.15, 0.2) is 0 Å². The second-order valence-electron chi connectivity index (χ2n) is 4.29. The molecule has 1 atom stereocenters. The highest BCUT2D eigenvalue weighted by molar-refractivity contribution is 5.95. The zero-order valence-electron chi connectivity index (χ0n) is 10.7. The maximum Gasteiger partial charge on any atom is 0.254 e. The van der Waals surface area contributed by atoms with Gasteiger partial charge in [-0.1, -0.05) is 6.92 Å². The minimum Gasteiger partial charge on any atom is -0.399 e. The van der Waals surface area contributed by atoms with E-state index >= 15 is 0 Å². The van der Waals surface area contributed by atoms with Gasteiger partial charge in [0.05, 0.1) is 5.56 Å². The van der Waals surface area contributed by atoms with E-state index in [1.165, 1.54) is 12.1 Å². The molecule has 0 saturated heterocycles. The number of hydrogen-bond donors (Lipinski definition) is 3. The molecule has 5 heteroatoms. The maximum absolute atomic E-state index is 13.8. The van der Waals surface area contributed by atoms with Crippen LogP contribution in [0.2, 0.25) is 0 Å². The second-order valence-corrected chi connectivity index (χ2v) is 4.29. The number of rotatable bonds is 5. The predicted octanol–water partition coefficient (Wildman–Crippen LogP) is 1.61. The molecule has 4 nitrogen and oxygen atoms in total. The van der Waals surface area contributed by atoms with E-state index in [-0.39, 0.29) is 18.2 Å². The molecule has 0 radical (unpaired) electrons. The van der Waals surface area contributed by atoms with Crippen LogP contribution in [-0.4, -0.2) is 23.7 Å². The third-order valence-electron chi connectivity index (χ3n) is 2.83.